The van der Waals surface area contributed by atoms with E-state index in [1.54, 1.807) is 12.0 Å². The number of unbranched alkanes of at least 4 members (excludes halogenated alkanes) is 1. The van der Waals surface area contributed by atoms with Gasteiger partial charge < -0.3 is 15.2 Å². The Morgan fingerprint density at radius 1 is 1.26 bits per heavy atom. The molecular weight excluding hydrogens is 490 g/mol. The van der Waals surface area contributed by atoms with E-state index in [2.05, 4.69) is 10.3 Å². The number of methoxy groups -OCH3 is 1. The first-order valence-electron chi connectivity index (χ1n) is 14.0. The van der Waals surface area contributed by atoms with E-state index in [4.69, 9.17) is 9.72 Å². The Labute approximate surface area is 223 Å². The molecule has 1 saturated carbocycles. The van der Waals surface area contributed by atoms with E-state index in [0.29, 0.717) is 37.2 Å². The second-order valence-corrected chi connectivity index (χ2v) is 11.0. The van der Waals surface area contributed by atoms with E-state index in [9.17, 15) is 14.3 Å². The predicted octanol–water partition coefficient (Wildman–Crippen LogP) is 5.45. The van der Waals surface area contributed by atoms with Crippen LogP contribution in [0.1, 0.15) is 85.8 Å². The molecule has 3 aliphatic rings. The number of nitrogens with zero attached hydrogens (tertiary/aromatic N) is 3. The van der Waals surface area contributed by atoms with Gasteiger partial charge in [0.25, 0.3) is 0 Å². The molecule has 2 unspecified atom stereocenters. The van der Waals surface area contributed by atoms with Crippen molar-refractivity contribution in [2.75, 3.05) is 32.1 Å². The third-order valence-electron chi connectivity index (χ3n) is 8.48. The molecule has 2 fully saturated rings. The molecule has 1 saturated heterocycles. The summed E-state index contributed by atoms with van der Waals surface area (Å²) < 4.78 is 35.0. The van der Waals surface area contributed by atoms with E-state index in [-0.39, 0.29) is 11.8 Å². The van der Waals surface area contributed by atoms with Gasteiger partial charge in [0.1, 0.15) is 29.6 Å². The van der Waals surface area contributed by atoms with Gasteiger partial charge in [0.2, 0.25) is 0 Å². The zero-order chi connectivity index (χ0) is 26.6. The van der Waals surface area contributed by atoms with Crippen LogP contribution < -0.4 is 10.1 Å². The first-order valence-corrected chi connectivity index (χ1v) is 14.0. The molecule has 206 valence electrons. The van der Waals surface area contributed by atoms with Crippen LogP contribution in [0.15, 0.2) is 18.3 Å². The maximum atomic E-state index is 15.3. The Balaban J connectivity index is 1.16. The molecular formula is C29H38F2N4O3. The fourth-order valence-electron chi connectivity index (χ4n) is 6.19. The summed E-state index contributed by atoms with van der Waals surface area (Å²) in [5.74, 6) is 0.166. The average molecular weight is 529 g/mol. The quantitative estimate of drug-likeness (QED) is 0.375. The normalized spacial score (nSPS) is 21.3. The Morgan fingerprint density at radius 2 is 2.11 bits per heavy atom. The average Bonchev–Trinajstić information content (AvgIpc) is 3.36. The molecule has 0 bridgehead atoms. The van der Waals surface area contributed by atoms with Crippen LogP contribution in [0.2, 0.25) is 0 Å². The van der Waals surface area contributed by atoms with Gasteiger partial charge in [-0.15, -0.1) is 0 Å². The molecule has 0 spiro atoms. The molecule has 0 amide bonds. The highest BCUT2D eigenvalue weighted by atomic mass is 19.1. The number of aryl methyl sites for hydroxylation is 1. The third-order valence-corrected chi connectivity index (χ3v) is 8.48. The van der Waals surface area contributed by atoms with Crippen LogP contribution in [-0.2, 0) is 17.6 Å². The van der Waals surface area contributed by atoms with Crippen LogP contribution in [-0.4, -0.2) is 58.9 Å². The molecule has 2 aliphatic heterocycles. The van der Waals surface area contributed by atoms with E-state index in [1.807, 2.05) is 6.07 Å². The Hall–Kier alpha value is -2.81. The number of hydrogen-bond acceptors (Lipinski definition) is 6. The maximum absolute atomic E-state index is 15.3. The van der Waals surface area contributed by atoms with Crippen LogP contribution in [0.3, 0.4) is 0 Å². The molecule has 2 N–H and O–H groups in total. The molecule has 3 atom stereocenters. The van der Waals surface area contributed by atoms with Gasteiger partial charge in [0.15, 0.2) is 0 Å². The summed E-state index contributed by atoms with van der Waals surface area (Å²) in [6.45, 7) is 1.75. The molecule has 5 rings (SSSR count). The number of alkyl halides is 1. The minimum absolute atomic E-state index is 0.181. The number of aliphatic carboxylic acids is 1. The van der Waals surface area contributed by atoms with Crippen molar-refractivity contribution in [1.29, 1.82) is 0 Å². The van der Waals surface area contributed by atoms with Gasteiger partial charge in [0, 0.05) is 53.5 Å². The molecule has 2 aromatic rings. The minimum atomic E-state index is -1.03. The van der Waals surface area contributed by atoms with Gasteiger partial charge in [0.05, 0.1) is 13.3 Å². The fourth-order valence-corrected chi connectivity index (χ4v) is 6.19. The van der Waals surface area contributed by atoms with Gasteiger partial charge in [-0.05, 0) is 64.0 Å². The van der Waals surface area contributed by atoms with Gasteiger partial charge in [-0.25, -0.2) is 13.8 Å². The number of aromatic nitrogens is 2. The second kappa shape index (κ2) is 11.9. The number of likely N-dealkylation sites (tertiary alicyclic amines) is 1. The molecule has 9 heteroatoms. The third kappa shape index (κ3) is 5.77. The number of pyridine rings is 2. The highest BCUT2D eigenvalue weighted by Crippen LogP contribution is 2.41. The molecule has 38 heavy (non-hydrogen) atoms. The lowest BCUT2D eigenvalue weighted by Gasteiger charge is -2.31. The van der Waals surface area contributed by atoms with E-state index in [0.717, 1.165) is 80.7 Å². The maximum Gasteiger partial charge on any atom is 0.325 e. The zero-order valence-corrected chi connectivity index (χ0v) is 22.1. The Bertz CT molecular complexity index is 1130. The van der Waals surface area contributed by atoms with Crippen molar-refractivity contribution < 1.29 is 23.4 Å². The van der Waals surface area contributed by atoms with Gasteiger partial charge in [-0.1, -0.05) is 12.8 Å². The first kappa shape index (κ1) is 26.8. The van der Waals surface area contributed by atoms with Crippen molar-refractivity contribution in [1.82, 2.24) is 14.9 Å². The SMILES string of the molecule is COc1cc(CCCCC(F)[C@@H]2CCN(C(C(=O)O)c3cc(F)cnc3C3CCC3)C2)nc2c1CCCN2. The Morgan fingerprint density at radius 3 is 2.84 bits per heavy atom. The first-order chi connectivity index (χ1) is 18.4. The van der Waals surface area contributed by atoms with Crippen LogP contribution in [0.25, 0.3) is 0 Å². The number of rotatable bonds is 11. The molecule has 1 aliphatic carbocycles. The van der Waals surface area contributed by atoms with Crippen molar-refractivity contribution in [3.63, 3.8) is 0 Å². The highest BCUT2D eigenvalue weighted by molar-refractivity contribution is 5.76. The largest absolute Gasteiger partial charge is 0.496 e. The topological polar surface area (TPSA) is 87.6 Å². The number of anilines is 1. The second-order valence-electron chi connectivity index (χ2n) is 11.0. The molecule has 2 aromatic heterocycles. The predicted molar refractivity (Wildman–Crippen MR) is 141 cm³/mol. The monoisotopic (exact) mass is 528 g/mol. The van der Waals surface area contributed by atoms with Crippen LogP contribution >= 0.6 is 0 Å². The summed E-state index contributed by atoms with van der Waals surface area (Å²) in [5, 5.41) is 13.4. The number of fused-ring (bicyclic) bond motifs is 1. The van der Waals surface area contributed by atoms with Gasteiger partial charge in [-0.3, -0.25) is 14.7 Å². The number of carboxylic acids is 1. The lowest BCUT2D eigenvalue weighted by atomic mass is 9.80. The lowest BCUT2D eigenvalue weighted by Crippen LogP contribution is -2.35. The summed E-state index contributed by atoms with van der Waals surface area (Å²) in [7, 11) is 1.68. The number of halogens is 2. The smallest absolute Gasteiger partial charge is 0.325 e. The molecule has 4 heterocycles. The van der Waals surface area contributed by atoms with Gasteiger partial charge in [-0.2, -0.15) is 0 Å². The van der Waals surface area contributed by atoms with Crippen molar-refractivity contribution in [2.45, 2.75) is 82.3 Å². The zero-order valence-electron chi connectivity index (χ0n) is 22.1. The van der Waals surface area contributed by atoms with E-state index in [1.165, 1.54) is 12.3 Å². The highest BCUT2D eigenvalue weighted by Gasteiger charge is 2.39. The van der Waals surface area contributed by atoms with Crippen LogP contribution in [0.5, 0.6) is 5.75 Å². The van der Waals surface area contributed by atoms with Crippen molar-refractivity contribution in [3.05, 3.63) is 46.7 Å². The lowest BCUT2D eigenvalue weighted by molar-refractivity contribution is -0.143. The van der Waals surface area contributed by atoms with Gasteiger partial charge >= 0.3 is 5.97 Å². The van der Waals surface area contributed by atoms with E-state index < -0.39 is 24.0 Å². The summed E-state index contributed by atoms with van der Waals surface area (Å²) in [4.78, 5) is 23.2. The number of ether oxygens (including phenoxy) is 1. The van der Waals surface area contributed by atoms with Crippen LogP contribution in [0.4, 0.5) is 14.6 Å². The van der Waals surface area contributed by atoms with Crippen LogP contribution in [0, 0.1) is 11.7 Å². The number of carboxylic acid groups (broad SMARTS) is 1. The molecule has 0 radical (unpaired) electrons. The van der Waals surface area contributed by atoms with Crippen molar-refractivity contribution in [3.8, 4) is 5.75 Å². The number of nitrogens with one attached hydrogen (secondary N) is 1. The van der Waals surface area contributed by atoms with E-state index >= 15 is 4.39 Å². The standard InChI is InChI=1S/C29H38F2N4O3/c1-38-25-15-21(34-28-22(25)9-5-12-32-28)8-2-3-10-24(31)19-11-13-35(17-19)27(29(36)37)23-14-20(30)16-33-26(23)18-6-4-7-18/h14-16,18-19,24,27H,2-13,17H2,1H3,(H,32,34)(H,36,37)/t19-,24?,27?/m1/s1. The summed E-state index contributed by atoms with van der Waals surface area (Å²) >= 11 is 0. The number of hydrogen-bond donors (Lipinski definition) is 2. The summed E-state index contributed by atoms with van der Waals surface area (Å²) in [6, 6.07) is 2.32. The number of carbonyl (C=O) groups is 1. The fraction of sp³-hybridized carbons (Fsp3) is 0.621. The molecule has 7 nitrogen and oxygen atoms in total. The van der Waals surface area contributed by atoms with Crippen molar-refractivity contribution >= 4 is 11.8 Å². The van der Waals surface area contributed by atoms with Crippen molar-refractivity contribution in [2.24, 2.45) is 5.92 Å². The summed E-state index contributed by atoms with van der Waals surface area (Å²) in [5.41, 5.74) is 3.20. The Kier molecular flexibility index (Phi) is 8.41. The summed E-state index contributed by atoms with van der Waals surface area (Å²) in [6.07, 6.45) is 8.50. The minimum Gasteiger partial charge on any atom is -0.496 e. The molecule has 0 aromatic carbocycles.